The van der Waals surface area contributed by atoms with Crippen LogP contribution in [0, 0.1) is 5.41 Å². The van der Waals surface area contributed by atoms with Gasteiger partial charge in [0.15, 0.2) is 5.96 Å². The van der Waals surface area contributed by atoms with Crippen molar-refractivity contribution in [1.82, 2.24) is 19.6 Å². The highest BCUT2D eigenvalue weighted by Gasteiger charge is 2.43. The van der Waals surface area contributed by atoms with Gasteiger partial charge in [-0.15, -0.1) is 0 Å². The number of carbonyl (C=O) groups excluding carboxylic acids is 1. The fourth-order valence-electron chi connectivity index (χ4n) is 4.57. The van der Waals surface area contributed by atoms with Gasteiger partial charge in [-0.25, -0.2) is 4.98 Å². The first-order valence-corrected chi connectivity index (χ1v) is 11.1. The molecular weight excluding hydrogens is 428 g/mol. The molecule has 2 aliphatic heterocycles. The summed E-state index contributed by atoms with van der Waals surface area (Å²) in [5.41, 5.74) is 2.41. The maximum atomic E-state index is 13.1. The van der Waals surface area contributed by atoms with Gasteiger partial charge in [0.05, 0.1) is 22.7 Å². The van der Waals surface area contributed by atoms with Crippen LogP contribution in [-0.4, -0.2) is 45.4 Å². The van der Waals surface area contributed by atoms with Crippen LogP contribution in [0.25, 0.3) is 5.65 Å². The number of benzene rings is 1. The number of aromatic nitrogens is 2. The van der Waals surface area contributed by atoms with Crippen molar-refractivity contribution in [2.75, 3.05) is 18.5 Å². The third-order valence-corrected chi connectivity index (χ3v) is 6.64. The lowest BCUT2D eigenvalue weighted by molar-refractivity contribution is -0.133. The predicted molar refractivity (Wildman–Crippen MR) is 123 cm³/mol. The molecule has 8 nitrogen and oxygen atoms in total. The largest absolute Gasteiger partial charge is 0.381 e. The molecule has 2 aliphatic rings. The number of halogens is 1. The quantitative estimate of drug-likeness (QED) is 0.558. The van der Waals surface area contributed by atoms with Crippen molar-refractivity contribution in [3.05, 3.63) is 59.5 Å². The number of ether oxygens (including phenoxy) is 1. The second kappa shape index (κ2) is 8.11. The number of anilines is 2. The molecule has 0 spiro atoms. The zero-order chi connectivity index (χ0) is 22.3. The second-order valence-corrected chi connectivity index (χ2v) is 8.87. The van der Waals surface area contributed by atoms with Gasteiger partial charge < -0.3 is 19.8 Å². The van der Waals surface area contributed by atoms with Gasteiger partial charge >= 0.3 is 0 Å². The number of amides is 1. The van der Waals surface area contributed by atoms with Gasteiger partial charge in [-0.2, -0.15) is 0 Å². The normalized spacial score (nSPS) is 22.2. The average Bonchev–Trinajstić information content (AvgIpc) is 3.23. The maximum Gasteiger partial charge on any atom is 0.232 e. The van der Waals surface area contributed by atoms with Crippen LogP contribution >= 0.6 is 11.6 Å². The zero-order valence-electron chi connectivity index (χ0n) is 17.8. The van der Waals surface area contributed by atoms with Crippen molar-refractivity contribution in [2.24, 2.45) is 0 Å². The van der Waals surface area contributed by atoms with E-state index in [2.05, 4.69) is 15.6 Å². The summed E-state index contributed by atoms with van der Waals surface area (Å²) in [7, 11) is 0. The molecule has 5 rings (SSSR count). The molecular formula is C23H25ClN6O2. The maximum absolute atomic E-state index is 13.1. The second-order valence-electron chi connectivity index (χ2n) is 8.49. The zero-order valence-corrected chi connectivity index (χ0v) is 18.5. The number of nitrogens with one attached hydrogen (secondary N) is 3. The van der Waals surface area contributed by atoms with Crippen LogP contribution in [-0.2, 0) is 15.1 Å². The van der Waals surface area contributed by atoms with E-state index in [1.165, 1.54) is 0 Å². The summed E-state index contributed by atoms with van der Waals surface area (Å²) < 4.78 is 7.34. The molecule has 1 atom stereocenters. The summed E-state index contributed by atoms with van der Waals surface area (Å²) in [6.45, 7) is 3.15. The molecule has 0 radical (unpaired) electrons. The Morgan fingerprint density at radius 3 is 2.88 bits per heavy atom. The summed E-state index contributed by atoms with van der Waals surface area (Å²) in [5.74, 6) is 0.0529. The number of fused-ring (bicyclic) bond motifs is 1. The summed E-state index contributed by atoms with van der Waals surface area (Å²) in [6.07, 6.45) is 7.27. The molecule has 166 valence electrons. The van der Waals surface area contributed by atoms with Crippen LogP contribution in [0.15, 0.2) is 48.9 Å². The van der Waals surface area contributed by atoms with Crippen molar-refractivity contribution < 1.29 is 9.53 Å². The van der Waals surface area contributed by atoms with E-state index in [1.54, 1.807) is 11.1 Å². The summed E-state index contributed by atoms with van der Waals surface area (Å²) in [6, 6.07) is 9.60. The van der Waals surface area contributed by atoms with Gasteiger partial charge in [0.2, 0.25) is 5.91 Å². The lowest BCUT2D eigenvalue weighted by atomic mass is 9.85. The van der Waals surface area contributed by atoms with E-state index in [0.29, 0.717) is 18.2 Å². The van der Waals surface area contributed by atoms with E-state index in [-0.39, 0.29) is 24.3 Å². The number of hydrogen-bond acceptors (Lipinski definition) is 5. The Hall–Kier alpha value is -3.10. The molecule has 4 heterocycles. The smallest absolute Gasteiger partial charge is 0.232 e. The molecule has 2 aromatic heterocycles. The van der Waals surface area contributed by atoms with Crippen LogP contribution in [0.2, 0.25) is 5.02 Å². The Bertz CT molecular complexity index is 1170. The number of hydrogen-bond donors (Lipinski definition) is 3. The number of imidazole rings is 1. The van der Waals surface area contributed by atoms with Gasteiger partial charge in [0.25, 0.3) is 0 Å². The monoisotopic (exact) mass is 452 g/mol. The lowest BCUT2D eigenvalue weighted by Gasteiger charge is -2.45. The van der Waals surface area contributed by atoms with Gasteiger partial charge in [0.1, 0.15) is 5.65 Å². The Morgan fingerprint density at radius 1 is 1.28 bits per heavy atom. The third-order valence-electron chi connectivity index (χ3n) is 6.23. The van der Waals surface area contributed by atoms with Crippen LogP contribution in [0.3, 0.4) is 0 Å². The fraction of sp³-hybridized carbons (Fsp3) is 0.348. The van der Waals surface area contributed by atoms with Crippen LogP contribution in [0.1, 0.15) is 31.7 Å². The van der Waals surface area contributed by atoms with Gasteiger partial charge in [0, 0.05) is 49.6 Å². The van der Waals surface area contributed by atoms with E-state index in [1.807, 2.05) is 54.0 Å². The first kappa shape index (κ1) is 20.8. The van der Waals surface area contributed by atoms with Gasteiger partial charge in [-0.1, -0.05) is 23.7 Å². The van der Waals surface area contributed by atoms with Crippen molar-refractivity contribution in [1.29, 1.82) is 5.41 Å². The number of rotatable bonds is 4. The Labute approximate surface area is 191 Å². The van der Waals surface area contributed by atoms with Crippen molar-refractivity contribution in [3.63, 3.8) is 0 Å². The minimum atomic E-state index is -0.780. The molecule has 1 aromatic carbocycles. The van der Waals surface area contributed by atoms with Crippen molar-refractivity contribution in [2.45, 2.75) is 37.8 Å². The standard InChI is InChI=1S/C23H25ClN6O2/c1-23(14-20(31)30(22(25)28-23)16-6-11-32-12-7-16)17-3-2-4-18(21(17)24)27-15-5-9-29-10-8-26-19(29)13-15/h2-5,8-10,13,16,27H,6-7,11-12,14H2,1H3,(H2,25,28)/t23-/m0/s1. The Morgan fingerprint density at radius 2 is 2.09 bits per heavy atom. The topological polar surface area (TPSA) is 94.8 Å². The van der Waals surface area contributed by atoms with E-state index in [9.17, 15) is 4.79 Å². The number of guanidine groups is 1. The average molecular weight is 453 g/mol. The van der Waals surface area contributed by atoms with Crippen molar-refractivity contribution in [3.8, 4) is 0 Å². The van der Waals surface area contributed by atoms with Gasteiger partial charge in [-0.3, -0.25) is 15.1 Å². The number of carbonyl (C=O) groups is 1. The highest BCUT2D eigenvalue weighted by Crippen LogP contribution is 2.39. The van der Waals surface area contributed by atoms with E-state index in [4.69, 9.17) is 21.7 Å². The van der Waals surface area contributed by atoms with Gasteiger partial charge in [-0.05, 0) is 37.5 Å². The number of nitrogens with zero attached hydrogens (tertiary/aromatic N) is 3. The molecule has 0 aliphatic carbocycles. The highest BCUT2D eigenvalue weighted by atomic mass is 35.5. The minimum Gasteiger partial charge on any atom is -0.381 e. The molecule has 32 heavy (non-hydrogen) atoms. The number of pyridine rings is 1. The first-order valence-electron chi connectivity index (χ1n) is 10.7. The Balaban J connectivity index is 1.40. The SMILES string of the molecule is C[C@@]1(c2cccc(Nc3ccn4ccnc4c3)c2Cl)CC(=O)N(C2CCOCC2)C(=N)N1. The van der Waals surface area contributed by atoms with E-state index >= 15 is 0 Å². The fourth-order valence-corrected chi connectivity index (χ4v) is 4.95. The first-order chi connectivity index (χ1) is 15.4. The molecule has 0 saturated carbocycles. The molecule has 0 unspecified atom stereocenters. The summed E-state index contributed by atoms with van der Waals surface area (Å²) in [5, 5.41) is 15.7. The van der Waals surface area contributed by atoms with Crippen LogP contribution in [0.5, 0.6) is 0 Å². The molecule has 9 heteroatoms. The molecule has 2 saturated heterocycles. The minimum absolute atomic E-state index is 0.00172. The summed E-state index contributed by atoms with van der Waals surface area (Å²) in [4.78, 5) is 19.0. The van der Waals surface area contributed by atoms with Crippen LogP contribution in [0.4, 0.5) is 11.4 Å². The molecule has 0 bridgehead atoms. The molecule has 2 fully saturated rings. The van der Waals surface area contributed by atoms with E-state index < -0.39 is 5.54 Å². The molecule has 1 amide bonds. The Kier molecular flexibility index (Phi) is 5.27. The van der Waals surface area contributed by atoms with Crippen molar-refractivity contribution >= 4 is 40.5 Å². The molecule has 3 aromatic rings. The third kappa shape index (κ3) is 3.69. The summed E-state index contributed by atoms with van der Waals surface area (Å²) >= 11 is 6.82. The predicted octanol–water partition coefficient (Wildman–Crippen LogP) is 3.88. The van der Waals surface area contributed by atoms with Crippen LogP contribution < -0.4 is 10.6 Å². The highest BCUT2D eigenvalue weighted by molar-refractivity contribution is 6.34. The lowest BCUT2D eigenvalue weighted by Crippen LogP contribution is -2.62. The molecule has 3 N–H and O–H groups in total. The van der Waals surface area contributed by atoms with E-state index in [0.717, 1.165) is 35.4 Å².